The maximum atomic E-state index is 13.3. The number of methoxy groups -OCH3 is 1. The van der Waals surface area contributed by atoms with Crippen LogP contribution < -0.4 is 9.64 Å². The number of amides is 1. The topological polar surface area (TPSA) is 42.7 Å². The molecule has 0 unspecified atom stereocenters. The SMILES string of the molecule is COc1ccc(N(Cc2ccccc2)C(=O)Cc2coc3ccc(Cl)cc23)cc1. The smallest absolute Gasteiger partial charge is 0.231 e. The molecule has 0 atom stereocenters. The lowest BCUT2D eigenvalue weighted by molar-refractivity contribution is -0.118. The minimum atomic E-state index is -0.0262. The third kappa shape index (κ3) is 4.28. The number of carbonyl (C=O) groups excluding carboxylic acids is 1. The Morgan fingerprint density at radius 1 is 1.03 bits per heavy atom. The highest BCUT2D eigenvalue weighted by molar-refractivity contribution is 6.31. The molecule has 0 aliphatic rings. The highest BCUT2D eigenvalue weighted by atomic mass is 35.5. The quantitative estimate of drug-likeness (QED) is 0.403. The van der Waals surface area contributed by atoms with Crippen molar-refractivity contribution in [3.8, 4) is 5.75 Å². The van der Waals surface area contributed by atoms with E-state index in [1.165, 1.54) is 0 Å². The van der Waals surface area contributed by atoms with Crippen molar-refractivity contribution < 1.29 is 13.9 Å². The van der Waals surface area contributed by atoms with Crippen molar-refractivity contribution in [2.24, 2.45) is 0 Å². The summed E-state index contributed by atoms with van der Waals surface area (Å²) in [6, 6.07) is 22.8. The van der Waals surface area contributed by atoms with Crippen LogP contribution in [0.3, 0.4) is 0 Å². The second-order valence-corrected chi connectivity index (χ2v) is 7.18. The summed E-state index contributed by atoms with van der Waals surface area (Å²) < 4.78 is 10.8. The molecule has 4 nitrogen and oxygen atoms in total. The molecule has 5 heteroatoms. The number of hydrogen-bond donors (Lipinski definition) is 0. The average Bonchev–Trinajstić information content (AvgIpc) is 3.14. The van der Waals surface area contributed by atoms with E-state index in [1.54, 1.807) is 24.3 Å². The average molecular weight is 406 g/mol. The van der Waals surface area contributed by atoms with Crippen molar-refractivity contribution in [2.75, 3.05) is 12.0 Å². The van der Waals surface area contributed by atoms with E-state index >= 15 is 0 Å². The zero-order valence-corrected chi connectivity index (χ0v) is 16.7. The molecule has 4 aromatic rings. The number of anilines is 1. The largest absolute Gasteiger partial charge is 0.497 e. The van der Waals surface area contributed by atoms with Crippen LogP contribution in [0.4, 0.5) is 5.69 Å². The third-order valence-corrected chi connectivity index (χ3v) is 5.06. The minimum absolute atomic E-state index is 0.0262. The highest BCUT2D eigenvalue weighted by Gasteiger charge is 2.19. The molecular weight excluding hydrogens is 386 g/mol. The van der Waals surface area contributed by atoms with E-state index in [0.717, 1.165) is 33.5 Å². The van der Waals surface area contributed by atoms with Crippen LogP contribution in [0.2, 0.25) is 5.02 Å². The van der Waals surface area contributed by atoms with Crippen LogP contribution in [0.25, 0.3) is 11.0 Å². The van der Waals surface area contributed by atoms with Gasteiger partial charge in [0.05, 0.1) is 26.3 Å². The van der Waals surface area contributed by atoms with Crippen molar-refractivity contribution in [1.82, 2.24) is 0 Å². The molecule has 1 amide bonds. The summed E-state index contributed by atoms with van der Waals surface area (Å²) >= 11 is 6.13. The van der Waals surface area contributed by atoms with E-state index in [-0.39, 0.29) is 12.3 Å². The molecule has 0 saturated carbocycles. The summed E-state index contributed by atoms with van der Waals surface area (Å²) in [7, 11) is 1.62. The Kier molecular flexibility index (Phi) is 5.54. The van der Waals surface area contributed by atoms with Gasteiger partial charge in [-0.1, -0.05) is 41.9 Å². The molecule has 1 heterocycles. The van der Waals surface area contributed by atoms with Gasteiger partial charge in [-0.25, -0.2) is 0 Å². The number of halogens is 1. The van der Waals surface area contributed by atoms with Crippen molar-refractivity contribution >= 4 is 34.2 Å². The highest BCUT2D eigenvalue weighted by Crippen LogP contribution is 2.27. The maximum absolute atomic E-state index is 13.3. The number of fused-ring (bicyclic) bond motifs is 1. The van der Waals surface area contributed by atoms with E-state index in [9.17, 15) is 4.79 Å². The summed E-state index contributed by atoms with van der Waals surface area (Å²) in [6.45, 7) is 0.475. The summed E-state index contributed by atoms with van der Waals surface area (Å²) in [5, 5.41) is 1.48. The zero-order chi connectivity index (χ0) is 20.2. The van der Waals surface area contributed by atoms with Gasteiger partial charge in [0, 0.05) is 21.7 Å². The molecule has 0 saturated heterocycles. The van der Waals surface area contributed by atoms with Crippen LogP contribution in [0.5, 0.6) is 5.75 Å². The molecule has 0 fully saturated rings. The number of carbonyl (C=O) groups is 1. The van der Waals surface area contributed by atoms with E-state index in [0.29, 0.717) is 11.6 Å². The van der Waals surface area contributed by atoms with Crippen LogP contribution in [-0.2, 0) is 17.8 Å². The van der Waals surface area contributed by atoms with E-state index < -0.39 is 0 Å². The summed E-state index contributed by atoms with van der Waals surface area (Å²) in [6.07, 6.45) is 1.85. The van der Waals surface area contributed by atoms with Gasteiger partial charge in [-0.2, -0.15) is 0 Å². The molecule has 0 radical (unpaired) electrons. The number of nitrogens with zero attached hydrogens (tertiary/aromatic N) is 1. The Morgan fingerprint density at radius 3 is 2.52 bits per heavy atom. The monoisotopic (exact) mass is 405 g/mol. The summed E-state index contributed by atoms with van der Waals surface area (Å²) in [5.74, 6) is 0.720. The van der Waals surface area contributed by atoms with Crippen LogP contribution in [0.15, 0.2) is 83.5 Å². The molecular formula is C24H20ClNO3. The second kappa shape index (κ2) is 8.41. The van der Waals surface area contributed by atoms with Crippen molar-refractivity contribution in [2.45, 2.75) is 13.0 Å². The van der Waals surface area contributed by atoms with Crippen molar-refractivity contribution in [1.29, 1.82) is 0 Å². The predicted octanol–water partition coefficient (Wildman–Crippen LogP) is 5.87. The fourth-order valence-corrected chi connectivity index (χ4v) is 3.47. The van der Waals surface area contributed by atoms with Gasteiger partial charge in [-0.05, 0) is 48.0 Å². The molecule has 0 N–H and O–H groups in total. The van der Waals surface area contributed by atoms with Gasteiger partial charge in [0.2, 0.25) is 5.91 Å². The van der Waals surface area contributed by atoms with E-state index in [2.05, 4.69) is 0 Å². The zero-order valence-electron chi connectivity index (χ0n) is 16.0. The van der Waals surface area contributed by atoms with Gasteiger partial charge in [0.25, 0.3) is 0 Å². The third-order valence-electron chi connectivity index (χ3n) is 4.83. The number of ether oxygens (including phenoxy) is 1. The fourth-order valence-electron chi connectivity index (χ4n) is 3.30. The number of rotatable bonds is 6. The van der Waals surface area contributed by atoms with Crippen molar-refractivity contribution in [3.05, 3.63) is 95.2 Å². The Hall–Kier alpha value is -3.24. The van der Waals surface area contributed by atoms with Crippen LogP contribution in [-0.4, -0.2) is 13.0 Å². The number of furan rings is 1. The Balaban J connectivity index is 1.65. The van der Waals surface area contributed by atoms with Crippen LogP contribution in [0, 0.1) is 0 Å². The molecule has 4 rings (SSSR count). The minimum Gasteiger partial charge on any atom is -0.497 e. The second-order valence-electron chi connectivity index (χ2n) is 6.74. The Labute approximate surface area is 174 Å². The molecule has 0 aliphatic heterocycles. The first-order valence-electron chi connectivity index (χ1n) is 9.28. The predicted molar refractivity (Wildman–Crippen MR) is 116 cm³/mol. The molecule has 146 valence electrons. The lowest BCUT2D eigenvalue weighted by atomic mass is 10.1. The molecule has 0 bridgehead atoms. The van der Waals surface area contributed by atoms with E-state index in [1.807, 2.05) is 66.7 Å². The molecule has 1 aromatic heterocycles. The van der Waals surface area contributed by atoms with Gasteiger partial charge in [0.15, 0.2) is 0 Å². The number of hydrogen-bond acceptors (Lipinski definition) is 3. The lowest BCUT2D eigenvalue weighted by Gasteiger charge is -2.23. The maximum Gasteiger partial charge on any atom is 0.231 e. The van der Waals surface area contributed by atoms with Gasteiger partial charge in [-0.15, -0.1) is 0 Å². The fraction of sp³-hybridized carbons (Fsp3) is 0.125. The molecule has 3 aromatic carbocycles. The molecule has 29 heavy (non-hydrogen) atoms. The summed E-state index contributed by atoms with van der Waals surface area (Å²) in [4.78, 5) is 15.1. The molecule has 0 aliphatic carbocycles. The number of benzene rings is 3. The molecule has 0 spiro atoms. The van der Waals surface area contributed by atoms with Crippen LogP contribution >= 0.6 is 11.6 Å². The first-order valence-corrected chi connectivity index (χ1v) is 9.66. The van der Waals surface area contributed by atoms with Gasteiger partial charge < -0.3 is 14.1 Å². The standard InChI is InChI=1S/C24H20ClNO3/c1-28-21-10-8-20(9-11-21)26(15-17-5-3-2-4-6-17)24(27)13-18-16-29-23-12-7-19(25)14-22(18)23/h2-12,14,16H,13,15H2,1H3. The first-order chi connectivity index (χ1) is 14.1. The normalized spacial score (nSPS) is 10.8. The lowest BCUT2D eigenvalue weighted by Crippen LogP contribution is -2.31. The van der Waals surface area contributed by atoms with Crippen molar-refractivity contribution in [3.63, 3.8) is 0 Å². The summed E-state index contributed by atoms with van der Waals surface area (Å²) in [5.41, 5.74) is 3.40. The van der Waals surface area contributed by atoms with Crippen LogP contribution in [0.1, 0.15) is 11.1 Å². The first kappa shape index (κ1) is 19.1. The van der Waals surface area contributed by atoms with E-state index in [4.69, 9.17) is 20.8 Å². The Morgan fingerprint density at radius 2 is 1.79 bits per heavy atom. The van der Waals surface area contributed by atoms with Gasteiger partial charge in [-0.3, -0.25) is 4.79 Å². The van der Waals surface area contributed by atoms with Gasteiger partial charge in [0.1, 0.15) is 11.3 Å². The Bertz CT molecular complexity index is 1120. The van der Waals surface area contributed by atoms with Gasteiger partial charge >= 0.3 is 0 Å².